The molecule has 0 amide bonds. The summed E-state index contributed by atoms with van der Waals surface area (Å²) >= 11 is 0. The van der Waals surface area contributed by atoms with E-state index in [-0.39, 0.29) is 23.1 Å². The number of aliphatic hydroxyl groups is 3. The van der Waals surface area contributed by atoms with E-state index in [1.165, 1.54) is 0 Å². The van der Waals surface area contributed by atoms with E-state index in [1.54, 1.807) is 0 Å². The fourth-order valence-electron chi connectivity index (χ4n) is 1.47. The molecule has 0 aliphatic carbocycles. The highest BCUT2D eigenvalue weighted by Crippen LogP contribution is 2.41. The summed E-state index contributed by atoms with van der Waals surface area (Å²) in [5.74, 6) is -2.66. The lowest BCUT2D eigenvalue weighted by Gasteiger charge is -2.25. The Kier molecular flexibility index (Phi) is 7.90. The van der Waals surface area contributed by atoms with Gasteiger partial charge < -0.3 is 39.6 Å². The number of aliphatic hydroxyl groups excluding tert-OH is 2. The average Bonchev–Trinajstić information content (AvgIpc) is 2.48. The van der Waals surface area contributed by atoms with Crippen LogP contribution in [0, 0.1) is 0 Å². The summed E-state index contributed by atoms with van der Waals surface area (Å²) in [5, 5.41) is 28.8. The van der Waals surface area contributed by atoms with Gasteiger partial charge in [-0.05, 0) is 0 Å². The Labute approximate surface area is 134 Å². The van der Waals surface area contributed by atoms with Crippen molar-refractivity contribution in [2.75, 3.05) is 13.2 Å². The summed E-state index contributed by atoms with van der Waals surface area (Å²) in [5.41, 5.74) is 0. The maximum absolute atomic E-state index is 10.5. The zero-order valence-corrected chi connectivity index (χ0v) is 11.5. The van der Waals surface area contributed by atoms with Crippen LogP contribution in [0.2, 0.25) is 0 Å². The second-order valence-electron chi connectivity index (χ2n) is 3.99. The molecule has 0 spiro atoms. The van der Waals surface area contributed by atoms with E-state index >= 15 is 0 Å². The van der Waals surface area contributed by atoms with Gasteiger partial charge in [0.1, 0.15) is 24.9 Å². The molecule has 0 saturated carbocycles. The summed E-state index contributed by atoms with van der Waals surface area (Å²) in [4.78, 5) is 33.9. The summed E-state index contributed by atoms with van der Waals surface area (Å²) < 4.78 is 33.6. The molecule has 0 aromatic rings. The molecule has 1 heterocycles. The minimum atomic E-state index is -4.96. The van der Waals surface area contributed by atoms with Gasteiger partial charge in [-0.2, -0.15) is 0 Å². The van der Waals surface area contributed by atoms with Crippen molar-refractivity contribution in [2.45, 2.75) is 24.1 Å². The van der Waals surface area contributed by atoms with Crippen LogP contribution < -0.4 is 0 Å². The molecule has 1 rings (SSSR count). The van der Waals surface area contributed by atoms with E-state index in [2.05, 4.69) is 13.8 Å². The molecular formula is C6H16MgO12P2. The van der Waals surface area contributed by atoms with E-state index in [4.69, 9.17) is 19.6 Å². The highest BCUT2D eigenvalue weighted by Gasteiger charge is 2.54. The lowest BCUT2D eigenvalue weighted by molar-refractivity contribution is -0.245. The first-order valence-electron chi connectivity index (χ1n) is 5.00. The summed E-state index contributed by atoms with van der Waals surface area (Å²) in [7, 11) is -9.82. The summed E-state index contributed by atoms with van der Waals surface area (Å²) in [6.07, 6.45) is -5.38. The van der Waals surface area contributed by atoms with Crippen LogP contribution in [-0.2, 0) is 22.9 Å². The molecule has 0 bridgehead atoms. The smallest absolute Gasteiger partial charge is 0.387 e. The van der Waals surface area contributed by atoms with Crippen molar-refractivity contribution in [1.82, 2.24) is 0 Å². The van der Waals surface area contributed by atoms with Crippen LogP contribution >= 0.6 is 15.6 Å². The van der Waals surface area contributed by atoms with Gasteiger partial charge in [-0.25, -0.2) is 9.13 Å². The molecule has 0 aromatic carbocycles. The second kappa shape index (κ2) is 7.60. The zero-order chi connectivity index (χ0) is 15.8. The predicted octanol–water partition coefficient (Wildman–Crippen LogP) is -3.90. The van der Waals surface area contributed by atoms with Gasteiger partial charge in [-0.15, -0.1) is 0 Å². The predicted molar refractivity (Wildman–Crippen MR) is 66.4 cm³/mol. The monoisotopic (exact) mass is 366 g/mol. The first-order valence-corrected chi connectivity index (χ1v) is 8.07. The highest BCUT2D eigenvalue weighted by molar-refractivity contribution is 7.46. The summed E-state index contributed by atoms with van der Waals surface area (Å²) in [6, 6.07) is 0. The third-order valence-corrected chi connectivity index (χ3v) is 3.32. The molecule has 15 heteroatoms. The van der Waals surface area contributed by atoms with Crippen LogP contribution in [-0.4, -0.2) is 95.3 Å². The third-order valence-electron chi connectivity index (χ3n) is 2.37. The SMILES string of the molecule is O=P(O)(O)OC[C@H]1O[C@](O)(COP(=O)(O)O)[C@@H](O)[C@@H]1O.[MgH2]. The van der Waals surface area contributed by atoms with Gasteiger partial charge in [0.15, 0.2) is 0 Å². The van der Waals surface area contributed by atoms with Crippen LogP contribution in [0.15, 0.2) is 0 Å². The van der Waals surface area contributed by atoms with Crippen LogP contribution in [0.5, 0.6) is 0 Å². The van der Waals surface area contributed by atoms with E-state index in [0.717, 1.165) is 0 Å². The van der Waals surface area contributed by atoms with Crippen molar-refractivity contribution < 1.29 is 57.8 Å². The summed E-state index contributed by atoms with van der Waals surface area (Å²) in [6.45, 7) is -2.05. The van der Waals surface area contributed by atoms with Gasteiger partial charge >= 0.3 is 38.7 Å². The molecule has 1 aliphatic heterocycles. The van der Waals surface area contributed by atoms with Gasteiger partial charge in [-0.3, -0.25) is 9.05 Å². The van der Waals surface area contributed by atoms with Crippen LogP contribution in [0.3, 0.4) is 0 Å². The number of phosphoric acid groups is 2. The standard InChI is InChI=1S/C6H14O12P2.Mg.2H/c7-4-3(1-16-19(10,11)12)18-6(9,5(4)8)2-17-20(13,14)15;;;/h3-5,7-9H,1-2H2,(H2,10,11,12)(H2,13,14,15);;;/t3-,4-,5+,6-;;;/m1.../s1. The minimum absolute atomic E-state index is 0. The largest absolute Gasteiger partial charge is 0.469 e. The molecule has 1 aliphatic rings. The van der Waals surface area contributed by atoms with Gasteiger partial charge in [0, 0.05) is 0 Å². The van der Waals surface area contributed by atoms with Crippen molar-refractivity contribution in [1.29, 1.82) is 0 Å². The van der Waals surface area contributed by atoms with Crippen LogP contribution in [0.1, 0.15) is 0 Å². The third kappa shape index (κ3) is 6.85. The van der Waals surface area contributed by atoms with Gasteiger partial charge in [0.05, 0.1) is 6.61 Å². The van der Waals surface area contributed by atoms with E-state index in [0.29, 0.717) is 0 Å². The molecule has 0 radical (unpaired) electrons. The maximum Gasteiger partial charge on any atom is 0.469 e. The number of rotatable bonds is 6. The van der Waals surface area contributed by atoms with Crippen molar-refractivity contribution in [2.24, 2.45) is 0 Å². The Balaban J connectivity index is 0.00000400. The topological polar surface area (TPSA) is 203 Å². The maximum atomic E-state index is 10.5. The van der Waals surface area contributed by atoms with Crippen molar-refractivity contribution in [3.05, 3.63) is 0 Å². The Bertz CT molecular complexity index is 433. The second-order valence-corrected chi connectivity index (χ2v) is 6.47. The zero-order valence-electron chi connectivity index (χ0n) is 9.71. The van der Waals surface area contributed by atoms with Crippen molar-refractivity contribution >= 4 is 38.7 Å². The Morgan fingerprint density at radius 3 is 1.95 bits per heavy atom. The average molecular weight is 366 g/mol. The molecule has 1 fully saturated rings. The van der Waals surface area contributed by atoms with Gasteiger partial charge in [0.25, 0.3) is 0 Å². The molecule has 7 N–H and O–H groups in total. The number of ether oxygens (including phenoxy) is 1. The Morgan fingerprint density at radius 2 is 1.52 bits per heavy atom. The van der Waals surface area contributed by atoms with Crippen molar-refractivity contribution in [3.63, 3.8) is 0 Å². The highest BCUT2D eigenvalue weighted by atomic mass is 31.2. The molecule has 124 valence electrons. The molecule has 0 unspecified atom stereocenters. The molecule has 1 saturated heterocycles. The Morgan fingerprint density at radius 1 is 1.05 bits per heavy atom. The van der Waals surface area contributed by atoms with E-state index in [1.807, 2.05) is 0 Å². The Hall–Kier alpha value is 0.826. The van der Waals surface area contributed by atoms with Gasteiger partial charge in [-0.1, -0.05) is 0 Å². The molecule has 12 nitrogen and oxygen atoms in total. The lowest BCUT2D eigenvalue weighted by atomic mass is 10.1. The molecule has 4 atom stereocenters. The number of phosphoric ester groups is 2. The van der Waals surface area contributed by atoms with E-state index in [9.17, 15) is 24.4 Å². The minimum Gasteiger partial charge on any atom is -0.387 e. The van der Waals surface area contributed by atoms with Crippen LogP contribution in [0.25, 0.3) is 0 Å². The quantitative estimate of drug-likeness (QED) is 0.178. The molecular weight excluding hydrogens is 350 g/mol. The normalized spacial score (nSPS) is 33.8. The van der Waals surface area contributed by atoms with Gasteiger partial charge in [0.2, 0.25) is 5.79 Å². The lowest BCUT2D eigenvalue weighted by Crippen LogP contribution is -2.46. The molecule has 21 heavy (non-hydrogen) atoms. The van der Waals surface area contributed by atoms with Crippen LogP contribution in [0.4, 0.5) is 0 Å². The fourth-order valence-corrected chi connectivity index (χ4v) is 2.17. The van der Waals surface area contributed by atoms with Crippen molar-refractivity contribution in [3.8, 4) is 0 Å². The number of hydrogen-bond acceptors (Lipinski definition) is 8. The first-order chi connectivity index (χ1) is 8.84. The van der Waals surface area contributed by atoms with E-state index < -0.39 is 53.0 Å². The number of hydrogen-bond donors (Lipinski definition) is 7. The fraction of sp³-hybridized carbons (Fsp3) is 1.00. The molecule has 0 aromatic heterocycles. The first kappa shape index (κ1) is 21.8.